The fourth-order valence-electron chi connectivity index (χ4n) is 5.90. The van der Waals surface area contributed by atoms with E-state index in [1.54, 1.807) is 0 Å². The molecule has 0 radical (unpaired) electrons. The summed E-state index contributed by atoms with van der Waals surface area (Å²) in [5, 5.41) is 22.7. The molecule has 1 aliphatic rings. The highest BCUT2D eigenvalue weighted by Crippen LogP contribution is 2.45. The molecule has 52 heavy (non-hydrogen) atoms. The average Bonchev–Trinajstić information content (AvgIpc) is 3.09. The number of fused-ring (bicyclic) bond motifs is 2. The maximum absolute atomic E-state index is 14.1. The lowest BCUT2D eigenvalue weighted by Gasteiger charge is -2.25. The quantitative estimate of drug-likeness (QED) is 0.0576. The van der Waals surface area contributed by atoms with Crippen LogP contribution in [0, 0.1) is 10.1 Å². The number of nitro groups is 1. The van der Waals surface area contributed by atoms with Gasteiger partial charge >= 0.3 is 11.9 Å². The minimum Gasteiger partial charge on any atom is -0.481 e. The van der Waals surface area contributed by atoms with Gasteiger partial charge in [-0.15, -0.1) is 0 Å². The average molecular weight is 748 g/mol. The second-order valence-electron chi connectivity index (χ2n) is 11.6. The molecule has 0 saturated heterocycles. The standard InChI is InChI=1S/C34H25N3O13S2/c38-26(39)9-4-14-51(45,46)21-12-10-19(11-13-21)35-24-16-25(52(47,48)49)31-29-27(22-7-1-2-8-23(22)32(40)28(24)29)30(33(41)36-31)34(42)50-17-18-5-3-6-20(15-18)37(43)44/h1-3,5-8,10-13,15-16,35H,4,9,14,17H2,(H,36,41)(H,38,39)(H,47,48,49). The zero-order valence-electron chi connectivity index (χ0n) is 26.5. The molecule has 0 aliphatic heterocycles. The van der Waals surface area contributed by atoms with Crippen molar-refractivity contribution >= 4 is 65.6 Å². The zero-order valence-corrected chi connectivity index (χ0v) is 28.1. The molecule has 18 heteroatoms. The molecule has 0 spiro atoms. The number of sulfone groups is 1. The van der Waals surface area contributed by atoms with Gasteiger partial charge in [0.25, 0.3) is 21.4 Å². The van der Waals surface area contributed by atoms with E-state index in [4.69, 9.17) is 9.84 Å². The molecule has 16 nitrogen and oxygen atoms in total. The normalized spacial score (nSPS) is 12.3. The fraction of sp³-hybridized carbons (Fsp3) is 0.118. The number of aromatic amines is 1. The SMILES string of the molecule is O=C(O)CCCS(=O)(=O)c1ccc(Nc2cc(S(=O)(=O)O)c3[nH]c(=O)c(C(=O)OCc4cccc([N+](=O)[O-])c4)c4c3c2C(=O)c2ccccc2-4)cc1. The second kappa shape index (κ2) is 13.5. The van der Waals surface area contributed by atoms with Gasteiger partial charge in [-0.1, -0.05) is 36.4 Å². The number of nitro benzene ring substituents is 1. The van der Waals surface area contributed by atoms with E-state index in [0.29, 0.717) is 0 Å². The summed E-state index contributed by atoms with van der Waals surface area (Å²) in [7, 11) is -8.98. The van der Waals surface area contributed by atoms with Crippen LogP contribution in [0.5, 0.6) is 0 Å². The first-order valence-electron chi connectivity index (χ1n) is 15.2. The fourth-order valence-corrected chi connectivity index (χ4v) is 7.88. The molecule has 1 heterocycles. The number of nitrogens with one attached hydrogen (secondary N) is 2. The van der Waals surface area contributed by atoms with Crippen molar-refractivity contribution in [2.75, 3.05) is 11.1 Å². The molecule has 1 aromatic heterocycles. The minimum absolute atomic E-state index is 0.0279. The summed E-state index contributed by atoms with van der Waals surface area (Å²) in [5.41, 5.74) is -2.56. The van der Waals surface area contributed by atoms with E-state index in [0.717, 1.165) is 6.07 Å². The van der Waals surface area contributed by atoms with Crippen molar-refractivity contribution < 1.29 is 50.5 Å². The molecule has 0 atom stereocenters. The molecule has 0 unspecified atom stereocenters. The number of aromatic nitrogens is 1. The van der Waals surface area contributed by atoms with E-state index in [1.165, 1.54) is 72.8 Å². The number of carboxylic acids is 1. The van der Waals surface area contributed by atoms with Gasteiger partial charge in [-0.2, -0.15) is 8.42 Å². The largest absolute Gasteiger partial charge is 0.481 e. The third kappa shape index (κ3) is 6.76. The highest BCUT2D eigenvalue weighted by molar-refractivity contribution is 7.91. The molecule has 5 aromatic rings. The maximum atomic E-state index is 14.1. The number of carbonyl (C=O) groups excluding carboxylic acids is 2. The van der Waals surface area contributed by atoms with E-state index in [9.17, 15) is 50.7 Å². The van der Waals surface area contributed by atoms with Crippen LogP contribution < -0.4 is 10.9 Å². The van der Waals surface area contributed by atoms with E-state index in [-0.39, 0.29) is 68.0 Å². The number of anilines is 2. The number of ether oxygens (including phenoxy) is 1. The zero-order chi connectivity index (χ0) is 37.5. The molecule has 0 amide bonds. The van der Waals surface area contributed by atoms with Gasteiger partial charge < -0.3 is 20.1 Å². The predicted molar refractivity (Wildman–Crippen MR) is 184 cm³/mol. The van der Waals surface area contributed by atoms with Crippen molar-refractivity contribution in [2.45, 2.75) is 29.2 Å². The van der Waals surface area contributed by atoms with Crippen LogP contribution in [0.4, 0.5) is 17.1 Å². The summed E-state index contributed by atoms with van der Waals surface area (Å²) in [4.78, 5) is 64.1. The Labute approximate surface area is 293 Å². The number of aliphatic carboxylic acids is 1. The summed E-state index contributed by atoms with van der Waals surface area (Å²) in [6.07, 6.45) is -0.462. The number of nitrogens with zero attached hydrogens (tertiary/aromatic N) is 1. The van der Waals surface area contributed by atoms with E-state index < -0.39 is 76.5 Å². The highest BCUT2D eigenvalue weighted by atomic mass is 32.2. The van der Waals surface area contributed by atoms with E-state index in [2.05, 4.69) is 10.3 Å². The molecule has 1 aliphatic carbocycles. The molecule has 0 fully saturated rings. The van der Waals surface area contributed by atoms with Gasteiger partial charge in [0, 0.05) is 40.8 Å². The summed E-state index contributed by atoms with van der Waals surface area (Å²) >= 11 is 0. The maximum Gasteiger partial charge on any atom is 0.344 e. The Bertz CT molecular complexity index is 2630. The third-order valence-corrected chi connectivity index (χ3v) is 10.9. The van der Waals surface area contributed by atoms with Crippen molar-refractivity contribution in [3.8, 4) is 11.1 Å². The third-order valence-electron chi connectivity index (χ3n) is 8.19. The number of rotatable bonds is 12. The van der Waals surface area contributed by atoms with Gasteiger partial charge in [0.2, 0.25) is 0 Å². The number of H-pyrrole nitrogens is 1. The molecule has 0 saturated carbocycles. The smallest absolute Gasteiger partial charge is 0.344 e. The Morgan fingerprint density at radius 2 is 1.60 bits per heavy atom. The van der Waals surface area contributed by atoms with E-state index >= 15 is 0 Å². The first-order chi connectivity index (χ1) is 24.6. The van der Waals surface area contributed by atoms with Crippen LogP contribution in [0.15, 0.2) is 93.4 Å². The lowest BCUT2D eigenvalue weighted by molar-refractivity contribution is -0.384. The molecular weight excluding hydrogens is 723 g/mol. The summed E-state index contributed by atoms with van der Waals surface area (Å²) in [5.74, 6) is -3.43. The Morgan fingerprint density at radius 3 is 2.25 bits per heavy atom. The Hall–Kier alpha value is -6.24. The highest BCUT2D eigenvalue weighted by Gasteiger charge is 2.36. The van der Waals surface area contributed by atoms with Crippen molar-refractivity contribution in [3.63, 3.8) is 0 Å². The summed E-state index contributed by atoms with van der Waals surface area (Å²) in [6, 6.07) is 17.2. The number of non-ortho nitro benzene ring substituents is 1. The Balaban J connectivity index is 1.50. The van der Waals surface area contributed by atoms with Crippen LogP contribution in [0.2, 0.25) is 0 Å². The van der Waals surface area contributed by atoms with Crippen LogP contribution in [0.1, 0.15) is 44.7 Å². The molecular formula is C34H25N3O13S2. The number of benzene rings is 4. The lowest BCUT2D eigenvalue weighted by atomic mass is 9.81. The number of carboxylic acid groups (broad SMARTS) is 1. The van der Waals surface area contributed by atoms with Crippen LogP contribution in [0.3, 0.4) is 0 Å². The lowest BCUT2D eigenvalue weighted by Crippen LogP contribution is -2.25. The van der Waals surface area contributed by atoms with Crippen molar-refractivity contribution in [2.24, 2.45) is 0 Å². The minimum atomic E-state index is -5.12. The second-order valence-corrected chi connectivity index (χ2v) is 15.1. The first-order valence-corrected chi connectivity index (χ1v) is 18.3. The van der Waals surface area contributed by atoms with Crippen LogP contribution in [-0.4, -0.2) is 59.9 Å². The van der Waals surface area contributed by atoms with Gasteiger partial charge in [-0.25, -0.2) is 13.2 Å². The molecule has 4 aromatic carbocycles. The first kappa shape index (κ1) is 35.6. The number of hydrogen-bond donors (Lipinski definition) is 4. The predicted octanol–water partition coefficient (Wildman–Crippen LogP) is 4.63. The molecule has 0 bridgehead atoms. The van der Waals surface area contributed by atoms with Gasteiger partial charge in [0.1, 0.15) is 17.1 Å². The Kier molecular flexibility index (Phi) is 9.22. The number of carbonyl (C=O) groups is 3. The van der Waals surface area contributed by atoms with Gasteiger partial charge in [-0.3, -0.25) is 29.1 Å². The topological polar surface area (TPSA) is 257 Å². The van der Waals surface area contributed by atoms with Gasteiger partial charge in [-0.05, 0) is 47.9 Å². The van der Waals surface area contributed by atoms with Crippen molar-refractivity contribution in [1.82, 2.24) is 4.98 Å². The number of esters is 1. The van der Waals surface area contributed by atoms with Gasteiger partial charge in [0.15, 0.2) is 15.6 Å². The summed E-state index contributed by atoms with van der Waals surface area (Å²) < 4.78 is 66.6. The van der Waals surface area contributed by atoms with Crippen molar-refractivity contribution in [3.05, 3.63) is 122 Å². The Morgan fingerprint density at radius 1 is 0.904 bits per heavy atom. The van der Waals surface area contributed by atoms with Crippen LogP contribution in [0.25, 0.3) is 22.0 Å². The monoisotopic (exact) mass is 747 g/mol. The van der Waals surface area contributed by atoms with Crippen molar-refractivity contribution in [1.29, 1.82) is 0 Å². The van der Waals surface area contributed by atoms with Crippen LogP contribution >= 0.6 is 0 Å². The molecule has 6 rings (SSSR count). The number of ketones is 1. The number of pyridine rings is 1. The number of hydrogen-bond acceptors (Lipinski definition) is 12. The molecule has 266 valence electrons. The van der Waals surface area contributed by atoms with E-state index in [1.807, 2.05) is 0 Å². The molecule has 4 N–H and O–H groups in total. The summed E-state index contributed by atoms with van der Waals surface area (Å²) in [6.45, 7) is -0.492. The van der Waals surface area contributed by atoms with Crippen LogP contribution in [-0.2, 0) is 36.1 Å². The van der Waals surface area contributed by atoms with Gasteiger partial charge in [0.05, 0.1) is 32.3 Å².